The van der Waals surface area contributed by atoms with Crippen molar-refractivity contribution in [3.63, 3.8) is 0 Å². The number of rotatable bonds is 3. The zero-order chi connectivity index (χ0) is 14.6. The molecule has 0 aromatic heterocycles. The second-order valence-corrected chi connectivity index (χ2v) is 5.12. The van der Waals surface area contributed by atoms with Crippen molar-refractivity contribution in [3.05, 3.63) is 23.3 Å². The van der Waals surface area contributed by atoms with Gasteiger partial charge in [0.25, 0.3) is 0 Å². The highest BCUT2D eigenvalue weighted by Crippen LogP contribution is 2.31. The van der Waals surface area contributed by atoms with Gasteiger partial charge in [-0.05, 0) is 39.3 Å². The van der Waals surface area contributed by atoms with E-state index in [2.05, 4.69) is 5.32 Å². The van der Waals surface area contributed by atoms with Gasteiger partial charge in [-0.1, -0.05) is 6.07 Å². The summed E-state index contributed by atoms with van der Waals surface area (Å²) in [5, 5.41) is 2.56. The van der Waals surface area contributed by atoms with Gasteiger partial charge in [0.1, 0.15) is 11.4 Å². The largest absolute Gasteiger partial charge is 0.494 e. The van der Waals surface area contributed by atoms with Crippen molar-refractivity contribution >= 4 is 18.1 Å². The van der Waals surface area contributed by atoms with E-state index in [4.69, 9.17) is 9.47 Å². The standard InChI is InChI=1S/C14H19NO4/c1-9-6-7-10(8-16)11(12(9)18-5)15-13(17)19-14(2,3)4/h6-8H,1-5H3,(H,15,17). The molecule has 19 heavy (non-hydrogen) atoms. The van der Waals surface area contributed by atoms with Crippen molar-refractivity contribution in [1.82, 2.24) is 0 Å². The Morgan fingerprint density at radius 3 is 2.42 bits per heavy atom. The summed E-state index contributed by atoms with van der Waals surface area (Å²) in [7, 11) is 1.48. The lowest BCUT2D eigenvalue weighted by molar-refractivity contribution is 0.0635. The maximum absolute atomic E-state index is 11.8. The van der Waals surface area contributed by atoms with E-state index in [1.54, 1.807) is 32.9 Å². The summed E-state index contributed by atoms with van der Waals surface area (Å²) in [4.78, 5) is 22.8. The van der Waals surface area contributed by atoms with Crippen LogP contribution in [0.25, 0.3) is 0 Å². The van der Waals surface area contributed by atoms with Gasteiger partial charge in [0.2, 0.25) is 0 Å². The number of amides is 1. The molecule has 0 fully saturated rings. The van der Waals surface area contributed by atoms with E-state index in [0.717, 1.165) is 5.56 Å². The molecule has 5 heteroatoms. The Hall–Kier alpha value is -2.04. The predicted molar refractivity (Wildman–Crippen MR) is 73.0 cm³/mol. The minimum Gasteiger partial charge on any atom is -0.494 e. The van der Waals surface area contributed by atoms with Crippen molar-refractivity contribution < 1.29 is 19.1 Å². The van der Waals surface area contributed by atoms with E-state index in [0.29, 0.717) is 23.3 Å². The lowest BCUT2D eigenvalue weighted by Gasteiger charge is -2.21. The van der Waals surface area contributed by atoms with Crippen LogP contribution in [0.2, 0.25) is 0 Å². The maximum Gasteiger partial charge on any atom is 0.412 e. The maximum atomic E-state index is 11.8. The van der Waals surface area contributed by atoms with Gasteiger partial charge in [-0.25, -0.2) is 4.79 Å². The Morgan fingerprint density at radius 2 is 1.95 bits per heavy atom. The number of ether oxygens (including phenoxy) is 2. The van der Waals surface area contributed by atoms with Crippen LogP contribution in [0.4, 0.5) is 10.5 Å². The molecule has 0 aliphatic carbocycles. The van der Waals surface area contributed by atoms with Crippen LogP contribution >= 0.6 is 0 Å². The van der Waals surface area contributed by atoms with Crippen LogP contribution in [0.3, 0.4) is 0 Å². The molecule has 1 aromatic carbocycles. The molecule has 1 N–H and O–H groups in total. The molecular weight excluding hydrogens is 246 g/mol. The summed E-state index contributed by atoms with van der Waals surface area (Å²) < 4.78 is 10.4. The molecule has 0 radical (unpaired) electrons. The molecule has 104 valence electrons. The van der Waals surface area contributed by atoms with Gasteiger partial charge in [0.15, 0.2) is 6.29 Å². The van der Waals surface area contributed by atoms with E-state index < -0.39 is 11.7 Å². The van der Waals surface area contributed by atoms with Crippen LogP contribution in [0.15, 0.2) is 12.1 Å². The van der Waals surface area contributed by atoms with E-state index >= 15 is 0 Å². The van der Waals surface area contributed by atoms with Gasteiger partial charge >= 0.3 is 6.09 Å². The highest BCUT2D eigenvalue weighted by Gasteiger charge is 2.20. The van der Waals surface area contributed by atoms with Gasteiger partial charge in [-0.2, -0.15) is 0 Å². The predicted octanol–water partition coefficient (Wildman–Crippen LogP) is 3.16. The lowest BCUT2D eigenvalue weighted by atomic mass is 10.1. The minimum atomic E-state index is -0.625. The molecule has 1 rings (SSSR count). The molecule has 0 spiro atoms. The summed E-state index contributed by atoms with van der Waals surface area (Å²) >= 11 is 0. The molecule has 0 atom stereocenters. The fourth-order valence-corrected chi connectivity index (χ4v) is 1.60. The first kappa shape index (κ1) is 15.0. The first-order chi connectivity index (χ1) is 8.78. The highest BCUT2D eigenvalue weighted by molar-refractivity contribution is 5.96. The smallest absolute Gasteiger partial charge is 0.412 e. The van der Waals surface area contributed by atoms with Crippen LogP contribution in [-0.2, 0) is 4.74 Å². The molecular formula is C14H19NO4. The van der Waals surface area contributed by atoms with Crippen LogP contribution in [0, 0.1) is 6.92 Å². The fraction of sp³-hybridized carbons (Fsp3) is 0.429. The van der Waals surface area contributed by atoms with Crippen molar-refractivity contribution in [1.29, 1.82) is 0 Å². The van der Waals surface area contributed by atoms with E-state index in [1.807, 2.05) is 6.92 Å². The van der Waals surface area contributed by atoms with Gasteiger partial charge < -0.3 is 9.47 Å². The number of anilines is 1. The molecule has 0 heterocycles. The minimum absolute atomic E-state index is 0.326. The zero-order valence-corrected chi connectivity index (χ0v) is 11.9. The second-order valence-electron chi connectivity index (χ2n) is 5.12. The number of methoxy groups -OCH3 is 1. The first-order valence-corrected chi connectivity index (χ1v) is 5.91. The quantitative estimate of drug-likeness (QED) is 0.852. The number of aryl methyl sites for hydroxylation is 1. The third-order valence-electron chi connectivity index (χ3n) is 2.34. The molecule has 0 unspecified atom stereocenters. The van der Waals surface area contributed by atoms with E-state index in [-0.39, 0.29) is 0 Å². The Labute approximate surface area is 112 Å². The number of benzene rings is 1. The van der Waals surface area contributed by atoms with Crippen molar-refractivity contribution in [3.8, 4) is 5.75 Å². The van der Waals surface area contributed by atoms with Gasteiger partial charge in [0, 0.05) is 5.56 Å². The highest BCUT2D eigenvalue weighted by atomic mass is 16.6. The third-order valence-corrected chi connectivity index (χ3v) is 2.34. The number of carbonyl (C=O) groups is 2. The number of nitrogens with one attached hydrogen (secondary N) is 1. The van der Waals surface area contributed by atoms with Crippen LogP contribution < -0.4 is 10.1 Å². The SMILES string of the molecule is COc1c(C)ccc(C=O)c1NC(=O)OC(C)(C)C. The van der Waals surface area contributed by atoms with Crippen molar-refractivity contribution in [2.75, 3.05) is 12.4 Å². The summed E-state index contributed by atoms with van der Waals surface area (Å²) in [6, 6.07) is 3.38. The summed E-state index contributed by atoms with van der Waals surface area (Å²) in [5.74, 6) is 0.454. The summed E-state index contributed by atoms with van der Waals surface area (Å²) in [6.07, 6.45) is 0.0359. The second kappa shape index (κ2) is 5.73. The normalized spacial score (nSPS) is 10.8. The molecule has 5 nitrogen and oxygen atoms in total. The van der Waals surface area contributed by atoms with E-state index in [9.17, 15) is 9.59 Å². The lowest BCUT2D eigenvalue weighted by Crippen LogP contribution is -2.27. The summed E-state index contributed by atoms with van der Waals surface area (Å²) in [6.45, 7) is 7.12. The molecule has 0 aliphatic rings. The molecule has 0 bridgehead atoms. The zero-order valence-electron chi connectivity index (χ0n) is 11.9. The van der Waals surface area contributed by atoms with Crippen LogP contribution in [0.5, 0.6) is 5.75 Å². The van der Waals surface area contributed by atoms with Crippen LogP contribution in [0.1, 0.15) is 36.7 Å². The van der Waals surface area contributed by atoms with Crippen molar-refractivity contribution in [2.45, 2.75) is 33.3 Å². The Morgan fingerprint density at radius 1 is 1.32 bits per heavy atom. The fourth-order valence-electron chi connectivity index (χ4n) is 1.60. The van der Waals surface area contributed by atoms with Crippen molar-refractivity contribution in [2.24, 2.45) is 0 Å². The number of hydrogen-bond acceptors (Lipinski definition) is 4. The van der Waals surface area contributed by atoms with Crippen LogP contribution in [-0.4, -0.2) is 25.1 Å². The third kappa shape index (κ3) is 3.98. The van der Waals surface area contributed by atoms with E-state index in [1.165, 1.54) is 7.11 Å². The average Bonchev–Trinajstić information content (AvgIpc) is 2.27. The topological polar surface area (TPSA) is 64.6 Å². The van der Waals surface area contributed by atoms with Gasteiger partial charge in [-0.3, -0.25) is 10.1 Å². The molecule has 0 saturated heterocycles. The molecule has 1 aromatic rings. The Kier molecular flexibility index (Phi) is 4.53. The van der Waals surface area contributed by atoms with Gasteiger partial charge in [0.05, 0.1) is 12.8 Å². The molecule has 1 amide bonds. The van der Waals surface area contributed by atoms with Gasteiger partial charge in [-0.15, -0.1) is 0 Å². The number of aldehydes is 1. The summed E-state index contributed by atoms with van der Waals surface area (Å²) in [5.41, 5.74) is 0.877. The Balaban J connectivity index is 3.08. The molecule has 0 aliphatic heterocycles. The Bertz CT molecular complexity index is 489. The average molecular weight is 265 g/mol. The molecule has 0 saturated carbocycles. The number of carbonyl (C=O) groups excluding carboxylic acids is 2. The first-order valence-electron chi connectivity index (χ1n) is 5.91. The monoisotopic (exact) mass is 265 g/mol. The number of hydrogen-bond donors (Lipinski definition) is 1.